The third-order valence-corrected chi connectivity index (χ3v) is 10.2. The predicted octanol–water partition coefficient (Wildman–Crippen LogP) is 1.73. The number of amides is 2. The topological polar surface area (TPSA) is 113 Å². The fraction of sp³-hybridized carbons (Fsp3) is 0.474. The maximum atomic E-state index is 12.9. The molecule has 4 rings (SSSR count). The molecule has 0 spiro atoms. The van der Waals surface area contributed by atoms with Crippen molar-refractivity contribution in [2.24, 2.45) is 5.73 Å². The smallest absolute Gasteiger partial charge is 0.252 e. The van der Waals surface area contributed by atoms with Crippen molar-refractivity contribution in [1.29, 1.82) is 0 Å². The molecular weight excluding hydrogens is 444 g/mol. The van der Waals surface area contributed by atoms with Crippen molar-refractivity contribution >= 4 is 49.5 Å². The van der Waals surface area contributed by atoms with Crippen molar-refractivity contribution in [3.8, 4) is 0 Å². The molecule has 1 unspecified atom stereocenters. The lowest BCUT2D eigenvalue weighted by Gasteiger charge is -2.36. The molecule has 30 heavy (non-hydrogen) atoms. The van der Waals surface area contributed by atoms with Crippen LogP contribution in [0.15, 0.2) is 21.7 Å². The van der Waals surface area contributed by atoms with Crippen LogP contribution in [0.2, 0.25) is 0 Å². The number of fused-ring (bicyclic) bond motifs is 1. The minimum absolute atomic E-state index is 0.216. The number of thiophene rings is 2. The van der Waals surface area contributed by atoms with Crippen molar-refractivity contribution < 1.29 is 18.0 Å². The van der Waals surface area contributed by atoms with Gasteiger partial charge in [-0.05, 0) is 43.2 Å². The summed E-state index contributed by atoms with van der Waals surface area (Å²) in [5.74, 6) is -0.725. The summed E-state index contributed by atoms with van der Waals surface area (Å²) in [7, 11) is -3.48. The highest BCUT2D eigenvalue weighted by Crippen LogP contribution is 2.39. The first-order chi connectivity index (χ1) is 14.3. The lowest BCUT2D eigenvalue weighted by atomic mass is 10.1. The zero-order chi connectivity index (χ0) is 21.5. The number of aryl methyl sites for hydroxylation is 1. The highest BCUT2D eigenvalue weighted by atomic mass is 32.2. The van der Waals surface area contributed by atoms with Gasteiger partial charge in [0.15, 0.2) is 0 Å². The first kappa shape index (κ1) is 21.4. The molecule has 2 aromatic rings. The van der Waals surface area contributed by atoms with Crippen LogP contribution in [0.1, 0.15) is 34.1 Å². The van der Waals surface area contributed by atoms with Gasteiger partial charge < -0.3 is 11.1 Å². The van der Waals surface area contributed by atoms with Gasteiger partial charge >= 0.3 is 0 Å². The third-order valence-electron chi connectivity index (χ3n) is 5.69. The molecule has 0 radical (unpaired) electrons. The molecule has 3 N–H and O–H groups in total. The van der Waals surface area contributed by atoms with E-state index in [1.54, 1.807) is 24.4 Å². The summed E-state index contributed by atoms with van der Waals surface area (Å²) >= 11 is 2.64. The number of anilines is 1. The SMILES string of the molecule is CC(C(=O)Nc1sc2c(c1C(N)=O)CCC2)N1CCN(S(=O)(=O)c2cccs2)CC1. The highest BCUT2D eigenvalue weighted by Gasteiger charge is 2.33. The molecule has 3 heterocycles. The van der Waals surface area contributed by atoms with E-state index >= 15 is 0 Å². The Kier molecular flexibility index (Phi) is 5.99. The minimum Gasteiger partial charge on any atom is -0.365 e. The molecule has 0 bridgehead atoms. The summed E-state index contributed by atoms with van der Waals surface area (Å²) in [4.78, 5) is 27.9. The number of hydrogen-bond donors (Lipinski definition) is 2. The van der Waals surface area contributed by atoms with Gasteiger partial charge in [-0.3, -0.25) is 14.5 Å². The molecular formula is C19H24N4O4S3. The van der Waals surface area contributed by atoms with Crippen molar-refractivity contribution in [2.45, 2.75) is 36.4 Å². The molecule has 1 aliphatic carbocycles. The number of sulfonamides is 1. The Morgan fingerprint density at radius 3 is 2.57 bits per heavy atom. The summed E-state index contributed by atoms with van der Waals surface area (Å²) in [6.45, 7) is 3.38. The predicted molar refractivity (Wildman–Crippen MR) is 118 cm³/mol. The standard InChI is InChI=1S/C19H24N4O4S3/c1-12(18(25)21-19-16(17(20)24)13-4-2-5-14(13)29-19)22-7-9-23(10-8-22)30(26,27)15-6-3-11-28-15/h3,6,11-12H,2,4-5,7-10H2,1H3,(H2,20,24)(H,21,25). The molecule has 1 saturated heterocycles. The van der Waals surface area contributed by atoms with Gasteiger partial charge in [0.05, 0.1) is 11.6 Å². The van der Waals surface area contributed by atoms with E-state index in [1.165, 1.54) is 27.0 Å². The summed E-state index contributed by atoms with van der Waals surface area (Å²) < 4.78 is 27.1. The summed E-state index contributed by atoms with van der Waals surface area (Å²) in [5.41, 5.74) is 6.99. The van der Waals surface area contributed by atoms with E-state index in [-0.39, 0.29) is 5.91 Å². The summed E-state index contributed by atoms with van der Waals surface area (Å²) in [5, 5.41) is 5.17. The van der Waals surface area contributed by atoms with Gasteiger partial charge in [-0.1, -0.05) is 6.07 Å². The quantitative estimate of drug-likeness (QED) is 0.670. The Labute approximate surface area is 183 Å². The van der Waals surface area contributed by atoms with Gasteiger partial charge in [0.1, 0.15) is 9.21 Å². The average molecular weight is 469 g/mol. The van der Waals surface area contributed by atoms with Gasteiger partial charge in [0.2, 0.25) is 5.91 Å². The number of carbonyl (C=O) groups excluding carboxylic acids is 2. The van der Waals surface area contributed by atoms with Crippen LogP contribution in [0.3, 0.4) is 0 Å². The van der Waals surface area contributed by atoms with Crippen LogP contribution in [-0.4, -0.2) is 61.7 Å². The average Bonchev–Trinajstić information content (AvgIpc) is 3.44. The van der Waals surface area contributed by atoms with E-state index < -0.39 is 22.0 Å². The maximum absolute atomic E-state index is 12.9. The molecule has 11 heteroatoms. The van der Waals surface area contributed by atoms with E-state index in [9.17, 15) is 18.0 Å². The number of primary amides is 1. The molecule has 1 atom stereocenters. The molecule has 162 valence electrons. The summed E-state index contributed by atoms with van der Waals surface area (Å²) in [6.07, 6.45) is 2.73. The zero-order valence-corrected chi connectivity index (χ0v) is 19.0. The fourth-order valence-electron chi connectivity index (χ4n) is 4.00. The second-order valence-electron chi connectivity index (χ2n) is 7.46. The Morgan fingerprint density at radius 2 is 1.93 bits per heavy atom. The second-order valence-corrected chi connectivity index (χ2v) is 11.7. The fourth-order valence-corrected chi connectivity index (χ4v) is 7.87. The first-order valence-corrected chi connectivity index (χ1v) is 13.0. The number of piperazine rings is 1. The van der Waals surface area contributed by atoms with Crippen molar-refractivity contribution in [3.05, 3.63) is 33.5 Å². The molecule has 8 nitrogen and oxygen atoms in total. The van der Waals surface area contributed by atoms with E-state index in [1.807, 2.05) is 4.90 Å². The van der Waals surface area contributed by atoms with Crippen molar-refractivity contribution in [2.75, 3.05) is 31.5 Å². The van der Waals surface area contributed by atoms with Crippen LogP contribution >= 0.6 is 22.7 Å². The van der Waals surface area contributed by atoms with Crippen LogP contribution in [0.5, 0.6) is 0 Å². The number of carbonyl (C=O) groups is 2. The van der Waals surface area contributed by atoms with Crippen molar-refractivity contribution in [1.82, 2.24) is 9.21 Å². The Hall–Kier alpha value is -1.79. The molecule has 1 aliphatic heterocycles. The molecule has 0 aromatic carbocycles. The van der Waals surface area contributed by atoms with Crippen LogP contribution in [0.4, 0.5) is 5.00 Å². The van der Waals surface area contributed by atoms with Crippen LogP contribution < -0.4 is 11.1 Å². The normalized spacial score (nSPS) is 18.8. The Balaban J connectivity index is 1.40. The molecule has 2 aliphatic rings. The number of nitrogens with zero attached hydrogens (tertiary/aromatic N) is 2. The highest BCUT2D eigenvalue weighted by molar-refractivity contribution is 7.91. The van der Waals surface area contributed by atoms with Crippen molar-refractivity contribution in [3.63, 3.8) is 0 Å². The van der Waals surface area contributed by atoms with Crippen LogP contribution in [-0.2, 0) is 27.7 Å². The van der Waals surface area contributed by atoms with E-state index in [4.69, 9.17) is 5.73 Å². The number of nitrogens with one attached hydrogen (secondary N) is 1. The third kappa shape index (κ3) is 3.92. The Bertz CT molecular complexity index is 1050. The molecule has 0 saturated carbocycles. The summed E-state index contributed by atoms with van der Waals surface area (Å²) in [6, 6.07) is 2.88. The van der Waals surface area contributed by atoms with E-state index in [0.717, 1.165) is 29.7 Å². The largest absolute Gasteiger partial charge is 0.365 e. The maximum Gasteiger partial charge on any atom is 0.252 e. The monoisotopic (exact) mass is 468 g/mol. The molecule has 1 fully saturated rings. The second kappa shape index (κ2) is 8.39. The molecule has 2 aromatic heterocycles. The lowest BCUT2D eigenvalue weighted by molar-refractivity contribution is -0.121. The van der Waals surface area contributed by atoms with Gasteiger partial charge in [-0.15, -0.1) is 22.7 Å². The van der Waals surface area contributed by atoms with E-state index in [2.05, 4.69) is 5.32 Å². The number of nitrogens with two attached hydrogens (primary N) is 1. The van der Waals surface area contributed by atoms with Crippen LogP contribution in [0, 0.1) is 0 Å². The van der Waals surface area contributed by atoms with Gasteiger partial charge in [0, 0.05) is 31.1 Å². The number of rotatable bonds is 6. The van der Waals surface area contributed by atoms with E-state index in [0.29, 0.717) is 41.0 Å². The van der Waals surface area contributed by atoms with Gasteiger partial charge in [-0.25, -0.2) is 8.42 Å². The lowest BCUT2D eigenvalue weighted by Crippen LogP contribution is -2.53. The minimum atomic E-state index is -3.48. The van der Waals surface area contributed by atoms with Crippen LogP contribution in [0.25, 0.3) is 0 Å². The zero-order valence-electron chi connectivity index (χ0n) is 16.6. The first-order valence-electron chi connectivity index (χ1n) is 9.82. The Morgan fingerprint density at radius 1 is 1.20 bits per heavy atom. The number of hydrogen-bond acceptors (Lipinski definition) is 7. The molecule has 2 amide bonds. The van der Waals surface area contributed by atoms with Gasteiger partial charge in [0.25, 0.3) is 15.9 Å². The van der Waals surface area contributed by atoms with Gasteiger partial charge in [-0.2, -0.15) is 4.31 Å².